The minimum atomic E-state index is -0.153. The van der Waals surface area contributed by atoms with Crippen molar-refractivity contribution in [1.82, 2.24) is 15.1 Å². The van der Waals surface area contributed by atoms with E-state index in [1.54, 1.807) is 18.3 Å². The van der Waals surface area contributed by atoms with Crippen LogP contribution in [0.25, 0.3) is 0 Å². The van der Waals surface area contributed by atoms with E-state index in [1.165, 1.54) is 11.3 Å². The Labute approximate surface area is 173 Å². The third-order valence-electron chi connectivity index (χ3n) is 4.19. The summed E-state index contributed by atoms with van der Waals surface area (Å²) in [6, 6.07) is 9.56. The zero-order valence-electron chi connectivity index (χ0n) is 16.7. The fourth-order valence-corrected chi connectivity index (χ4v) is 3.45. The highest BCUT2D eigenvalue weighted by Gasteiger charge is 2.20. The van der Waals surface area contributed by atoms with E-state index < -0.39 is 0 Å². The molecule has 0 spiro atoms. The molecule has 2 aromatic heterocycles. The molecule has 0 aliphatic rings. The number of hydrogen-bond donors (Lipinski definition) is 1. The van der Waals surface area contributed by atoms with Gasteiger partial charge in [0.05, 0.1) is 11.6 Å². The van der Waals surface area contributed by atoms with E-state index in [0.717, 1.165) is 10.4 Å². The van der Waals surface area contributed by atoms with Gasteiger partial charge >= 0.3 is 0 Å². The summed E-state index contributed by atoms with van der Waals surface area (Å²) in [5.41, 5.74) is 1.58. The lowest BCUT2D eigenvalue weighted by atomic mass is 9.96. The minimum absolute atomic E-state index is 0.0835. The first-order valence-electron chi connectivity index (χ1n) is 9.40. The van der Waals surface area contributed by atoms with Gasteiger partial charge in [-0.25, -0.2) is 4.98 Å². The maximum atomic E-state index is 12.2. The Kier molecular flexibility index (Phi) is 6.39. The molecule has 0 radical (unpaired) electrons. The average molecular weight is 410 g/mol. The van der Waals surface area contributed by atoms with Crippen LogP contribution >= 0.6 is 11.3 Å². The predicted octanol–water partition coefficient (Wildman–Crippen LogP) is 4.25. The summed E-state index contributed by atoms with van der Waals surface area (Å²) in [5.74, 6) is 1.15. The summed E-state index contributed by atoms with van der Waals surface area (Å²) in [4.78, 5) is 21.9. The van der Waals surface area contributed by atoms with Gasteiger partial charge in [0, 0.05) is 35.8 Å². The molecule has 150 valence electrons. The predicted molar refractivity (Wildman–Crippen MR) is 111 cm³/mol. The highest BCUT2D eigenvalue weighted by molar-refractivity contribution is 7.15. The minimum Gasteiger partial charge on any atom is -0.339 e. The van der Waals surface area contributed by atoms with Crippen LogP contribution in [0.5, 0.6) is 0 Å². The van der Waals surface area contributed by atoms with E-state index in [9.17, 15) is 4.79 Å². The number of thiazole rings is 1. The fraction of sp³-hybridized carbons (Fsp3) is 0.381. The van der Waals surface area contributed by atoms with Crippen LogP contribution in [-0.4, -0.2) is 21.0 Å². The van der Waals surface area contributed by atoms with Crippen molar-refractivity contribution in [3.8, 4) is 6.07 Å². The number of nitrogens with one attached hydrogen (secondary N) is 1. The van der Waals surface area contributed by atoms with Crippen LogP contribution in [0.15, 0.2) is 35.0 Å². The van der Waals surface area contributed by atoms with E-state index in [1.807, 2.05) is 32.9 Å². The summed E-state index contributed by atoms with van der Waals surface area (Å²) in [7, 11) is 0. The molecular formula is C21H23N5O2S. The van der Waals surface area contributed by atoms with Crippen molar-refractivity contribution in [2.24, 2.45) is 0 Å². The van der Waals surface area contributed by atoms with Crippen LogP contribution in [0.1, 0.15) is 61.3 Å². The molecule has 3 rings (SSSR count). The Balaban J connectivity index is 1.45. The third-order valence-corrected chi connectivity index (χ3v) is 5.11. The number of rotatable bonds is 7. The molecule has 3 aromatic rings. The second-order valence-corrected chi connectivity index (χ2v) is 8.90. The molecule has 0 bridgehead atoms. The van der Waals surface area contributed by atoms with Crippen molar-refractivity contribution < 1.29 is 9.32 Å². The van der Waals surface area contributed by atoms with Gasteiger partial charge in [0.2, 0.25) is 11.8 Å². The molecule has 0 aliphatic heterocycles. The standard InChI is InChI=1S/C21H23N5O2S/c1-21(2,3)19-25-18(28-26-19)6-4-5-17(27)24-20-23-13-16(29-20)11-14-7-9-15(12-22)10-8-14/h7-10,13H,4-6,11H2,1-3H3,(H,23,24,27). The van der Waals surface area contributed by atoms with Gasteiger partial charge in [0.25, 0.3) is 0 Å². The van der Waals surface area contributed by atoms with Crippen LogP contribution in [0, 0.1) is 11.3 Å². The summed E-state index contributed by atoms with van der Waals surface area (Å²) >= 11 is 1.45. The first-order valence-corrected chi connectivity index (χ1v) is 10.2. The summed E-state index contributed by atoms with van der Waals surface area (Å²) < 4.78 is 5.24. The molecule has 1 amide bonds. The molecule has 8 heteroatoms. The van der Waals surface area contributed by atoms with Crippen LogP contribution < -0.4 is 5.32 Å². The summed E-state index contributed by atoms with van der Waals surface area (Å²) in [5, 5.41) is 16.3. The van der Waals surface area contributed by atoms with Gasteiger partial charge < -0.3 is 9.84 Å². The molecule has 1 N–H and O–H groups in total. The molecule has 7 nitrogen and oxygen atoms in total. The fourth-order valence-electron chi connectivity index (χ4n) is 2.59. The van der Waals surface area contributed by atoms with E-state index in [4.69, 9.17) is 9.78 Å². The SMILES string of the molecule is CC(C)(C)c1noc(CCCC(=O)Nc2ncc(Cc3ccc(C#N)cc3)s2)n1. The Morgan fingerprint density at radius 2 is 2.03 bits per heavy atom. The highest BCUT2D eigenvalue weighted by atomic mass is 32.1. The summed E-state index contributed by atoms with van der Waals surface area (Å²) in [6.07, 6.45) is 4.04. The number of hydrogen-bond acceptors (Lipinski definition) is 7. The molecule has 0 fully saturated rings. The van der Waals surface area contributed by atoms with E-state index in [-0.39, 0.29) is 11.3 Å². The number of carbonyl (C=O) groups is 1. The number of anilines is 1. The molecule has 29 heavy (non-hydrogen) atoms. The largest absolute Gasteiger partial charge is 0.339 e. The van der Waals surface area contributed by atoms with E-state index >= 15 is 0 Å². The van der Waals surface area contributed by atoms with E-state index in [0.29, 0.717) is 48.1 Å². The smallest absolute Gasteiger partial charge is 0.226 e. The average Bonchev–Trinajstić information content (AvgIpc) is 3.32. The van der Waals surface area contributed by atoms with Crippen molar-refractivity contribution in [2.75, 3.05) is 5.32 Å². The van der Waals surface area contributed by atoms with E-state index in [2.05, 4.69) is 26.5 Å². The normalized spacial score (nSPS) is 11.2. The Morgan fingerprint density at radius 1 is 1.28 bits per heavy atom. The van der Waals surface area contributed by atoms with Gasteiger partial charge in [-0.3, -0.25) is 4.79 Å². The monoisotopic (exact) mass is 409 g/mol. The van der Waals surface area contributed by atoms with Crippen molar-refractivity contribution in [2.45, 2.75) is 51.9 Å². The zero-order valence-corrected chi connectivity index (χ0v) is 17.5. The lowest BCUT2D eigenvalue weighted by molar-refractivity contribution is -0.116. The zero-order chi connectivity index (χ0) is 20.9. The van der Waals surface area contributed by atoms with Gasteiger partial charge in [0.15, 0.2) is 11.0 Å². The number of aryl methyl sites for hydroxylation is 1. The Bertz CT molecular complexity index is 1010. The molecule has 1 aromatic carbocycles. The molecule has 0 atom stereocenters. The lowest BCUT2D eigenvalue weighted by Crippen LogP contribution is -2.13. The summed E-state index contributed by atoms with van der Waals surface area (Å²) in [6.45, 7) is 6.08. The highest BCUT2D eigenvalue weighted by Crippen LogP contribution is 2.22. The number of carbonyl (C=O) groups excluding carboxylic acids is 1. The van der Waals surface area contributed by atoms with Gasteiger partial charge in [-0.05, 0) is 24.1 Å². The van der Waals surface area contributed by atoms with Gasteiger partial charge in [-0.1, -0.05) is 38.1 Å². The third kappa shape index (κ3) is 5.96. The Morgan fingerprint density at radius 3 is 2.69 bits per heavy atom. The van der Waals surface area contributed by atoms with Gasteiger partial charge in [-0.2, -0.15) is 10.2 Å². The number of nitrogens with zero attached hydrogens (tertiary/aromatic N) is 4. The molecule has 0 aliphatic carbocycles. The number of nitriles is 1. The number of amides is 1. The molecule has 0 saturated carbocycles. The van der Waals surface area contributed by atoms with Crippen molar-refractivity contribution >= 4 is 22.4 Å². The maximum absolute atomic E-state index is 12.2. The van der Waals surface area contributed by atoms with Gasteiger partial charge in [0.1, 0.15) is 0 Å². The van der Waals surface area contributed by atoms with Gasteiger partial charge in [-0.15, -0.1) is 11.3 Å². The molecule has 2 heterocycles. The second kappa shape index (κ2) is 8.97. The Hall–Kier alpha value is -3.05. The number of benzene rings is 1. The number of aromatic nitrogens is 3. The van der Waals surface area contributed by atoms with Crippen molar-refractivity contribution in [3.05, 3.63) is 58.2 Å². The van der Waals surface area contributed by atoms with Crippen LogP contribution in [0.4, 0.5) is 5.13 Å². The molecular weight excluding hydrogens is 386 g/mol. The lowest BCUT2D eigenvalue weighted by Gasteiger charge is -2.10. The quantitative estimate of drug-likeness (QED) is 0.625. The molecule has 0 saturated heterocycles. The first-order chi connectivity index (χ1) is 13.8. The van der Waals surface area contributed by atoms with Crippen molar-refractivity contribution in [1.29, 1.82) is 5.26 Å². The second-order valence-electron chi connectivity index (χ2n) is 7.78. The van der Waals surface area contributed by atoms with Crippen LogP contribution in [0.3, 0.4) is 0 Å². The first kappa shape index (κ1) is 20.7. The van der Waals surface area contributed by atoms with Crippen LogP contribution in [0.2, 0.25) is 0 Å². The molecule has 0 unspecified atom stereocenters. The topological polar surface area (TPSA) is 105 Å². The maximum Gasteiger partial charge on any atom is 0.226 e. The van der Waals surface area contributed by atoms with Crippen molar-refractivity contribution in [3.63, 3.8) is 0 Å². The van der Waals surface area contributed by atoms with Crippen LogP contribution in [-0.2, 0) is 23.1 Å².